The van der Waals surface area contributed by atoms with Crippen LogP contribution in [0.25, 0.3) is 0 Å². The fraction of sp³-hybridized carbons (Fsp3) is 0.357. The van der Waals surface area contributed by atoms with Crippen LogP contribution in [0, 0.1) is 11.5 Å². The number of benzene rings is 1. The normalized spacial score (nSPS) is 10.5. The number of nitrogen functional groups attached to an aromatic ring is 1. The first kappa shape index (κ1) is 16.4. The second-order valence-corrected chi connectivity index (χ2v) is 10.3. The van der Waals surface area contributed by atoms with Crippen LogP contribution in [0.4, 0.5) is 5.69 Å². The number of methoxy groups -OCH3 is 2. The van der Waals surface area contributed by atoms with Gasteiger partial charge >= 0.3 is 5.97 Å². The van der Waals surface area contributed by atoms with Crippen LogP contribution in [-0.4, -0.2) is 28.3 Å². The predicted octanol–water partition coefficient (Wildman–Crippen LogP) is 2.95. The van der Waals surface area contributed by atoms with Gasteiger partial charge in [-0.25, -0.2) is 4.79 Å². The Morgan fingerprint density at radius 3 is 2.40 bits per heavy atom. The van der Waals surface area contributed by atoms with Gasteiger partial charge in [-0.2, -0.15) is 0 Å². The molecule has 0 saturated carbocycles. The van der Waals surface area contributed by atoms with E-state index in [4.69, 9.17) is 26.8 Å². The maximum atomic E-state index is 11.7. The van der Waals surface area contributed by atoms with Gasteiger partial charge in [0.05, 0.1) is 36.1 Å². The van der Waals surface area contributed by atoms with E-state index < -0.39 is 14.0 Å². The lowest BCUT2D eigenvalue weighted by molar-refractivity contribution is 0.0600. The number of carbonyl (C=O) groups is 1. The second kappa shape index (κ2) is 6.20. The molecule has 0 fully saturated rings. The summed E-state index contributed by atoms with van der Waals surface area (Å²) in [6.45, 7) is 6.31. The van der Waals surface area contributed by atoms with Crippen LogP contribution in [0.5, 0.6) is 5.75 Å². The highest BCUT2D eigenvalue weighted by atomic mass is 35.5. The van der Waals surface area contributed by atoms with Gasteiger partial charge in [0, 0.05) is 0 Å². The van der Waals surface area contributed by atoms with Crippen LogP contribution in [0.1, 0.15) is 15.9 Å². The summed E-state index contributed by atoms with van der Waals surface area (Å²) in [5.41, 5.74) is 10.1. The average Bonchev–Trinajstić information content (AvgIpc) is 2.36. The van der Waals surface area contributed by atoms with Crippen molar-refractivity contribution in [1.82, 2.24) is 0 Å². The van der Waals surface area contributed by atoms with E-state index in [1.54, 1.807) is 0 Å². The van der Waals surface area contributed by atoms with Crippen molar-refractivity contribution in [2.75, 3.05) is 20.0 Å². The maximum absolute atomic E-state index is 11.7. The summed E-state index contributed by atoms with van der Waals surface area (Å²) in [6, 6.07) is 1.46. The Kier molecular flexibility index (Phi) is 5.09. The van der Waals surface area contributed by atoms with Crippen molar-refractivity contribution in [3.63, 3.8) is 0 Å². The molecule has 0 atom stereocenters. The van der Waals surface area contributed by atoms with Crippen LogP contribution in [0.3, 0.4) is 0 Å². The quantitative estimate of drug-likeness (QED) is 0.395. The molecule has 0 bridgehead atoms. The lowest BCUT2D eigenvalue weighted by Gasteiger charge is -2.12. The Labute approximate surface area is 125 Å². The molecular weight excluding hydrogens is 294 g/mol. The molecule has 20 heavy (non-hydrogen) atoms. The largest absolute Gasteiger partial charge is 0.495 e. The number of hydrogen-bond acceptors (Lipinski definition) is 4. The summed E-state index contributed by atoms with van der Waals surface area (Å²) < 4.78 is 9.86. The summed E-state index contributed by atoms with van der Waals surface area (Å²) in [5, 5.41) is 0.195. The third-order valence-corrected chi connectivity index (χ3v) is 3.72. The second-order valence-electron chi connectivity index (χ2n) is 5.22. The summed E-state index contributed by atoms with van der Waals surface area (Å²) in [5.74, 6) is 2.79. The van der Waals surface area contributed by atoms with E-state index in [2.05, 4.69) is 31.1 Å². The summed E-state index contributed by atoms with van der Waals surface area (Å²) >= 11 is 6.22. The van der Waals surface area contributed by atoms with Gasteiger partial charge < -0.3 is 15.2 Å². The first-order chi connectivity index (χ1) is 9.21. The predicted molar refractivity (Wildman–Crippen MR) is 84.0 cm³/mol. The summed E-state index contributed by atoms with van der Waals surface area (Å²) in [4.78, 5) is 11.7. The van der Waals surface area contributed by atoms with E-state index in [-0.39, 0.29) is 10.6 Å². The van der Waals surface area contributed by atoms with Gasteiger partial charge in [0.1, 0.15) is 13.8 Å². The van der Waals surface area contributed by atoms with E-state index >= 15 is 0 Å². The van der Waals surface area contributed by atoms with E-state index in [0.717, 1.165) is 0 Å². The molecule has 0 aliphatic rings. The minimum absolute atomic E-state index is 0.195. The van der Waals surface area contributed by atoms with E-state index in [1.807, 2.05) is 0 Å². The van der Waals surface area contributed by atoms with Gasteiger partial charge in [0.2, 0.25) is 0 Å². The van der Waals surface area contributed by atoms with Crippen LogP contribution < -0.4 is 10.5 Å². The zero-order valence-corrected chi connectivity index (χ0v) is 14.0. The SMILES string of the molecule is COC(=O)c1cc(OC)c(N)c(C#C[Si](C)(C)C)c1Cl. The van der Waals surface area contributed by atoms with E-state index in [9.17, 15) is 4.79 Å². The monoisotopic (exact) mass is 311 g/mol. The molecular formula is C14H18ClNO3Si. The van der Waals surface area contributed by atoms with Gasteiger partial charge in [-0.05, 0) is 6.07 Å². The molecule has 1 aromatic carbocycles. The lowest BCUT2D eigenvalue weighted by Crippen LogP contribution is -2.16. The summed E-state index contributed by atoms with van der Waals surface area (Å²) in [6.07, 6.45) is 0. The molecule has 0 radical (unpaired) electrons. The molecule has 0 aromatic heterocycles. The average molecular weight is 312 g/mol. The van der Waals surface area contributed by atoms with Crippen molar-refractivity contribution in [2.45, 2.75) is 19.6 Å². The minimum atomic E-state index is -1.60. The molecule has 1 rings (SSSR count). The van der Waals surface area contributed by atoms with Crippen molar-refractivity contribution >= 4 is 31.3 Å². The Morgan fingerprint density at radius 2 is 1.95 bits per heavy atom. The molecule has 0 saturated heterocycles. The number of rotatable bonds is 2. The standard InChI is InChI=1S/C14H18ClNO3Si/c1-18-11-8-10(14(17)19-2)12(15)9(13(11)16)6-7-20(3,4)5/h8H,16H2,1-5H3. The van der Waals surface area contributed by atoms with Crippen LogP contribution in [0.2, 0.25) is 24.7 Å². The highest BCUT2D eigenvalue weighted by Crippen LogP contribution is 2.34. The topological polar surface area (TPSA) is 61.5 Å². The number of esters is 1. The first-order valence-corrected chi connectivity index (χ1v) is 9.86. The molecule has 0 amide bonds. The molecule has 1 aromatic rings. The molecule has 0 aliphatic carbocycles. The maximum Gasteiger partial charge on any atom is 0.339 e. The van der Waals surface area contributed by atoms with Crippen LogP contribution in [0.15, 0.2) is 6.07 Å². The number of hydrogen-bond donors (Lipinski definition) is 1. The molecule has 2 N–H and O–H groups in total. The third kappa shape index (κ3) is 3.68. The molecule has 0 unspecified atom stereocenters. The molecule has 6 heteroatoms. The molecule has 0 heterocycles. The fourth-order valence-electron chi connectivity index (χ4n) is 1.45. The van der Waals surface area contributed by atoms with Gasteiger partial charge in [0.25, 0.3) is 0 Å². The summed E-state index contributed by atoms with van der Waals surface area (Å²) in [7, 11) is 1.16. The minimum Gasteiger partial charge on any atom is -0.495 e. The van der Waals surface area contributed by atoms with Crippen molar-refractivity contribution in [3.05, 3.63) is 22.2 Å². The Bertz CT molecular complexity index is 597. The smallest absolute Gasteiger partial charge is 0.339 e. The first-order valence-electron chi connectivity index (χ1n) is 5.98. The van der Waals surface area contributed by atoms with Gasteiger partial charge in [-0.15, -0.1) is 5.54 Å². The number of carbonyl (C=O) groups excluding carboxylic acids is 1. The lowest BCUT2D eigenvalue weighted by atomic mass is 10.1. The Morgan fingerprint density at radius 1 is 1.35 bits per heavy atom. The van der Waals surface area contributed by atoms with E-state index in [1.165, 1.54) is 20.3 Å². The highest BCUT2D eigenvalue weighted by molar-refractivity contribution is 6.83. The number of halogens is 1. The fourth-order valence-corrected chi connectivity index (χ4v) is 2.23. The number of nitrogens with two attached hydrogens (primary N) is 1. The van der Waals surface area contributed by atoms with Crippen molar-refractivity contribution in [2.24, 2.45) is 0 Å². The zero-order chi connectivity index (χ0) is 15.5. The number of ether oxygens (including phenoxy) is 2. The van der Waals surface area contributed by atoms with Crippen molar-refractivity contribution < 1.29 is 14.3 Å². The zero-order valence-electron chi connectivity index (χ0n) is 12.3. The van der Waals surface area contributed by atoms with Crippen molar-refractivity contribution in [3.8, 4) is 17.2 Å². The molecule has 108 valence electrons. The van der Waals surface area contributed by atoms with Crippen LogP contribution >= 0.6 is 11.6 Å². The van der Waals surface area contributed by atoms with Crippen molar-refractivity contribution in [1.29, 1.82) is 0 Å². The molecule has 0 spiro atoms. The molecule has 0 aliphatic heterocycles. The Balaban J connectivity index is 3.56. The van der Waals surface area contributed by atoms with Gasteiger partial charge in [0.15, 0.2) is 0 Å². The number of anilines is 1. The third-order valence-electron chi connectivity index (χ3n) is 2.45. The van der Waals surface area contributed by atoms with E-state index in [0.29, 0.717) is 17.0 Å². The highest BCUT2D eigenvalue weighted by Gasteiger charge is 2.20. The van der Waals surface area contributed by atoms with Gasteiger partial charge in [-0.1, -0.05) is 37.2 Å². The van der Waals surface area contributed by atoms with Gasteiger partial charge in [-0.3, -0.25) is 0 Å². The van der Waals surface area contributed by atoms with Crippen LogP contribution in [-0.2, 0) is 4.74 Å². The Hall–Kier alpha value is -1.64. The molecule has 4 nitrogen and oxygen atoms in total.